The Balaban J connectivity index is 3.08. The zero-order valence-corrected chi connectivity index (χ0v) is 11.8. The van der Waals surface area contributed by atoms with Crippen molar-refractivity contribution in [2.75, 3.05) is 13.7 Å². The van der Waals surface area contributed by atoms with Gasteiger partial charge < -0.3 is 10.1 Å². The van der Waals surface area contributed by atoms with Crippen molar-refractivity contribution in [1.29, 1.82) is 0 Å². The number of likely N-dealkylation sites (N-methyl/N-ethyl adjacent to an activating group) is 1. The fraction of sp³-hybridized carbons (Fsp3) is 0.600. The van der Waals surface area contributed by atoms with Crippen molar-refractivity contribution in [1.82, 2.24) is 5.32 Å². The monoisotopic (exact) mass is 253 g/mol. The Bertz CT molecular complexity index is 346. The van der Waals surface area contributed by atoms with Gasteiger partial charge >= 0.3 is 0 Å². The van der Waals surface area contributed by atoms with Gasteiger partial charge in [0.1, 0.15) is 5.82 Å². The number of ether oxygens (including phenoxy) is 1. The van der Waals surface area contributed by atoms with Crippen molar-refractivity contribution in [2.24, 2.45) is 0 Å². The summed E-state index contributed by atoms with van der Waals surface area (Å²) < 4.78 is 19.0. The molecule has 0 aliphatic heterocycles. The highest BCUT2D eigenvalue weighted by Gasteiger charge is 2.36. The van der Waals surface area contributed by atoms with Crippen molar-refractivity contribution < 1.29 is 9.13 Å². The Morgan fingerprint density at radius 1 is 1.17 bits per heavy atom. The second-order valence-electron chi connectivity index (χ2n) is 4.48. The first-order valence-electron chi connectivity index (χ1n) is 6.70. The normalized spacial score (nSPS) is 13.6. The summed E-state index contributed by atoms with van der Waals surface area (Å²) in [5.74, 6) is -0.205. The third-order valence-electron chi connectivity index (χ3n) is 3.65. The molecule has 0 aliphatic carbocycles. The Morgan fingerprint density at radius 2 is 1.72 bits per heavy atom. The number of hydrogen-bond acceptors (Lipinski definition) is 2. The molecule has 0 radical (unpaired) electrons. The molecule has 3 heteroatoms. The molecule has 0 saturated heterocycles. The van der Waals surface area contributed by atoms with E-state index >= 15 is 0 Å². The lowest BCUT2D eigenvalue weighted by molar-refractivity contribution is -0.0717. The molecule has 0 amide bonds. The summed E-state index contributed by atoms with van der Waals surface area (Å²) in [4.78, 5) is 0. The lowest BCUT2D eigenvalue weighted by atomic mass is 9.84. The zero-order chi connectivity index (χ0) is 13.6. The first kappa shape index (κ1) is 15.1. The standard InChI is InChI=1S/C15H24FNO/c1-5-15(6-2,18-7-3)14(17-4)12-8-10-13(16)11-9-12/h8-11,14,17H,5-7H2,1-4H3. The van der Waals surface area contributed by atoms with Crippen LogP contribution in [0.5, 0.6) is 0 Å². The van der Waals surface area contributed by atoms with Crippen LogP contribution in [0.2, 0.25) is 0 Å². The zero-order valence-electron chi connectivity index (χ0n) is 11.8. The van der Waals surface area contributed by atoms with Crippen LogP contribution in [-0.2, 0) is 4.74 Å². The SMILES string of the molecule is CCOC(CC)(CC)C(NC)c1ccc(F)cc1. The van der Waals surface area contributed by atoms with Crippen LogP contribution in [-0.4, -0.2) is 19.3 Å². The van der Waals surface area contributed by atoms with Crippen molar-refractivity contribution in [3.05, 3.63) is 35.6 Å². The Hall–Kier alpha value is -0.930. The van der Waals surface area contributed by atoms with E-state index in [4.69, 9.17) is 4.74 Å². The highest BCUT2D eigenvalue weighted by Crippen LogP contribution is 2.35. The van der Waals surface area contributed by atoms with E-state index in [0.29, 0.717) is 6.61 Å². The predicted octanol–water partition coefficient (Wildman–Crippen LogP) is 3.68. The average Bonchev–Trinajstić information content (AvgIpc) is 2.40. The quantitative estimate of drug-likeness (QED) is 0.800. The lowest BCUT2D eigenvalue weighted by Crippen LogP contribution is -2.44. The van der Waals surface area contributed by atoms with Gasteiger partial charge in [-0.05, 0) is 44.5 Å². The molecular weight excluding hydrogens is 229 g/mol. The highest BCUT2D eigenvalue weighted by molar-refractivity contribution is 5.23. The summed E-state index contributed by atoms with van der Waals surface area (Å²) in [7, 11) is 1.92. The average molecular weight is 253 g/mol. The van der Waals surface area contributed by atoms with Gasteiger partial charge in [-0.1, -0.05) is 26.0 Å². The summed E-state index contributed by atoms with van der Waals surface area (Å²) in [6.45, 7) is 6.96. The van der Waals surface area contributed by atoms with Crippen molar-refractivity contribution in [2.45, 2.75) is 45.3 Å². The number of nitrogens with one attached hydrogen (secondary N) is 1. The summed E-state index contributed by atoms with van der Waals surface area (Å²) in [6, 6.07) is 6.74. The first-order valence-corrected chi connectivity index (χ1v) is 6.70. The van der Waals surface area contributed by atoms with Gasteiger partial charge in [0.25, 0.3) is 0 Å². The van der Waals surface area contributed by atoms with Crippen molar-refractivity contribution in [3.8, 4) is 0 Å². The van der Waals surface area contributed by atoms with Crippen LogP contribution in [0.25, 0.3) is 0 Å². The molecule has 2 nitrogen and oxygen atoms in total. The lowest BCUT2D eigenvalue weighted by Gasteiger charge is -2.39. The third-order valence-corrected chi connectivity index (χ3v) is 3.65. The third kappa shape index (κ3) is 3.09. The van der Waals surface area contributed by atoms with E-state index in [9.17, 15) is 4.39 Å². The molecule has 1 unspecified atom stereocenters. The van der Waals surface area contributed by atoms with Gasteiger partial charge in [0.15, 0.2) is 0 Å². The van der Waals surface area contributed by atoms with E-state index in [1.807, 2.05) is 26.1 Å². The maximum Gasteiger partial charge on any atom is 0.123 e. The summed E-state index contributed by atoms with van der Waals surface area (Å²) >= 11 is 0. The second kappa shape index (κ2) is 6.86. The number of hydrogen-bond donors (Lipinski definition) is 1. The fourth-order valence-electron chi connectivity index (χ4n) is 2.62. The fourth-order valence-corrected chi connectivity index (χ4v) is 2.62. The molecule has 0 aromatic heterocycles. The van der Waals surface area contributed by atoms with E-state index < -0.39 is 0 Å². The van der Waals surface area contributed by atoms with Crippen LogP contribution in [0.15, 0.2) is 24.3 Å². The Labute approximate surface area is 110 Å². The van der Waals surface area contributed by atoms with Gasteiger partial charge in [-0.25, -0.2) is 4.39 Å². The smallest absolute Gasteiger partial charge is 0.123 e. The Morgan fingerprint density at radius 3 is 2.11 bits per heavy atom. The van der Waals surface area contributed by atoms with Crippen LogP contribution >= 0.6 is 0 Å². The van der Waals surface area contributed by atoms with Gasteiger partial charge in [0, 0.05) is 6.61 Å². The molecule has 1 aromatic rings. The summed E-state index contributed by atoms with van der Waals surface area (Å²) in [5, 5.41) is 3.32. The molecule has 0 saturated carbocycles. The van der Waals surface area contributed by atoms with Gasteiger partial charge in [0.2, 0.25) is 0 Å². The van der Waals surface area contributed by atoms with Gasteiger partial charge in [-0.15, -0.1) is 0 Å². The molecule has 18 heavy (non-hydrogen) atoms. The van der Waals surface area contributed by atoms with E-state index in [2.05, 4.69) is 19.2 Å². The maximum atomic E-state index is 13.0. The van der Waals surface area contributed by atoms with Crippen molar-refractivity contribution >= 4 is 0 Å². The molecule has 1 aromatic carbocycles. The molecular formula is C15H24FNO. The van der Waals surface area contributed by atoms with Crippen LogP contribution in [0, 0.1) is 5.82 Å². The number of halogens is 1. The molecule has 102 valence electrons. The van der Waals surface area contributed by atoms with Crippen LogP contribution < -0.4 is 5.32 Å². The van der Waals surface area contributed by atoms with Crippen LogP contribution in [0.3, 0.4) is 0 Å². The van der Waals surface area contributed by atoms with E-state index in [0.717, 1.165) is 18.4 Å². The molecule has 0 heterocycles. The molecule has 0 bridgehead atoms. The largest absolute Gasteiger partial charge is 0.373 e. The number of rotatable bonds is 7. The minimum Gasteiger partial charge on any atom is -0.373 e. The van der Waals surface area contributed by atoms with Gasteiger partial charge in [-0.3, -0.25) is 0 Å². The Kier molecular flexibility index (Phi) is 5.76. The highest BCUT2D eigenvalue weighted by atomic mass is 19.1. The van der Waals surface area contributed by atoms with Crippen LogP contribution in [0.1, 0.15) is 45.2 Å². The minimum absolute atomic E-state index is 0.0769. The molecule has 1 N–H and O–H groups in total. The maximum absolute atomic E-state index is 13.0. The summed E-state index contributed by atoms with van der Waals surface area (Å²) in [6.07, 6.45) is 1.83. The van der Waals surface area contributed by atoms with E-state index in [1.165, 1.54) is 12.1 Å². The van der Waals surface area contributed by atoms with Gasteiger partial charge in [-0.2, -0.15) is 0 Å². The summed E-state index contributed by atoms with van der Waals surface area (Å²) in [5.41, 5.74) is 0.831. The topological polar surface area (TPSA) is 21.3 Å². The minimum atomic E-state index is -0.235. The van der Waals surface area contributed by atoms with E-state index in [-0.39, 0.29) is 17.5 Å². The molecule has 0 fully saturated rings. The predicted molar refractivity (Wildman–Crippen MR) is 73.1 cm³/mol. The van der Waals surface area contributed by atoms with Crippen molar-refractivity contribution in [3.63, 3.8) is 0 Å². The molecule has 0 aliphatic rings. The first-order chi connectivity index (χ1) is 8.63. The number of benzene rings is 1. The van der Waals surface area contributed by atoms with E-state index in [1.54, 1.807) is 0 Å². The second-order valence-corrected chi connectivity index (χ2v) is 4.48. The molecule has 0 spiro atoms. The molecule has 1 atom stereocenters. The van der Waals surface area contributed by atoms with Gasteiger partial charge in [0.05, 0.1) is 11.6 Å². The molecule has 1 rings (SSSR count). The van der Waals surface area contributed by atoms with Crippen LogP contribution in [0.4, 0.5) is 4.39 Å².